The summed E-state index contributed by atoms with van der Waals surface area (Å²) in [6.07, 6.45) is 1.84. The molecule has 0 aliphatic carbocycles. The number of rotatable bonds is 6. The number of benzene rings is 2. The van der Waals surface area contributed by atoms with Gasteiger partial charge in [-0.3, -0.25) is 0 Å². The van der Waals surface area contributed by atoms with E-state index in [-0.39, 0.29) is 6.04 Å². The van der Waals surface area contributed by atoms with E-state index in [4.69, 9.17) is 10.5 Å². The fourth-order valence-corrected chi connectivity index (χ4v) is 3.56. The van der Waals surface area contributed by atoms with Crippen LogP contribution in [0.1, 0.15) is 24.5 Å². The lowest BCUT2D eigenvalue weighted by Gasteiger charge is -2.14. The number of hydrogen-bond acceptors (Lipinski definition) is 2. The van der Waals surface area contributed by atoms with Crippen LogP contribution in [0, 0.1) is 0 Å². The predicted octanol–water partition coefficient (Wildman–Crippen LogP) is 5.07. The molecule has 1 unspecified atom stereocenters. The average molecular weight is 413 g/mol. The molecule has 0 spiro atoms. The van der Waals surface area contributed by atoms with Crippen molar-refractivity contribution in [2.45, 2.75) is 32.4 Å². The molecule has 0 radical (unpaired) electrons. The molecule has 0 aromatic heterocycles. The summed E-state index contributed by atoms with van der Waals surface area (Å²) in [7, 11) is 0. The third-order valence-electron chi connectivity index (χ3n) is 3.31. The first-order chi connectivity index (χ1) is 10.1. The molecule has 2 aromatic rings. The van der Waals surface area contributed by atoms with Gasteiger partial charge in [-0.05, 0) is 68.0 Å². The van der Waals surface area contributed by atoms with Crippen LogP contribution < -0.4 is 10.5 Å². The zero-order valence-corrected chi connectivity index (χ0v) is 15.2. The third-order valence-corrected chi connectivity index (χ3v) is 4.48. The molecule has 0 aliphatic rings. The molecule has 0 amide bonds. The Labute approximate surface area is 143 Å². The molecule has 0 saturated heterocycles. The van der Waals surface area contributed by atoms with Gasteiger partial charge in [0.05, 0.1) is 8.95 Å². The van der Waals surface area contributed by atoms with Crippen LogP contribution in [-0.2, 0) is 13.0 Å². The van der Waals surface area contributed by atoms with Crippen LogP contribution in [-0.4, -0.2) is 6.04 Å². The van der Waals surface area contributed by atoms with Crippen LogP contribution in [0.25, 0.3) is 0 Å². The summed E-state index contributed by atoms with van der Waals surface area (Å²) < 4.78 is 7.82. The molecule has 112 valence electrons. The van der Waals surface area contributed by atoms with Gasteiger partial charge in [0.2, 0.25) is 0 Å². The average Bonchev–Trinajstić information content (AvgIpc) is 2.47. The largest absolute Gasteiger partial charge is 0.487 e. The normalized spacial score (nSPS) is 12.2. The lowest BCUT2D eigenvalue weighted by atomic mass is 10.0. The number of halogens is 2. The Morgan fingerprint density at radius 2 is 1.67 bits per heavy atom. The van der Waals surface area contributed by atoms with E-state index >= 15 is 0 Å². The van der Waals surface area contributed by atoms with Gasteiger partial charge in [-0.25, -0.2) is 0 Å². The van der Waals surface area contributed by atoms with E-state index in [2.05, 4.69) is 63.0 Å². The molecule has 0 heterocycles. The van der Waals surface area contributed by atoms with Crippen molar-refractivity contribution in [3.63, 3.8) is 0 Å². The minimum atomic E-state index is 0.194. The summed E-state index contributed by atoms with van der Waals surface area (Å²) in [4.78, 5) is 0. The van der Waals surface area contributed by atoms with Crippen LogP contribution in [0.4, 0.5) is 0 Å². The lowest BCUT2D eigenvalue weighted by Crippen LogP contribution is -2.21. The number of hydrogen-bond donors (Lipinski definition) is 1. The standard InChI is InChI=1S/C17H19Br2NO/c1-2-14(20)8-13-9-15(18)17(16(19)10-13)21-11-12-6-4-3-5-7-12/h3-7,9-10,14H,2,8,11,20H2,1H3. The Morgan fingerprint density at radius 3 is 2.24 bits per heavy atom. The molecule has 2 N–H and O–H groups in total. The quantitative estimate of drug-likeness (QED) is 0.718. The van der Waals surface area contributed by atoms with Gasteiger partial charge in [0, 0.05) is 6.04 Å². The highest BCUT2D eigenvalue weighted by Crippen LogP contribution is 2.35. The SMILES string of the molecule is CCC(N)Cc1cc(Br)c(OCc2ccccc2)c(Br)c1. The van der Waals surface area contributed by atoms with Crippen molar-refractivity contribution < 1.29 is 4.74 Å². The van der Waals surface area contributed by atoms with E-state index in [1.165, 1.54) is 5.56 Å². The fourth-order valence-electron chi connectivity index (χ4n) is 2.04. The second kappa shape index (κ2) is 7.97. The Bertz CT molecular complexity index is 564. The van der Waals surface area contributed by atoms with Gasteiger partial charge in [-0.15, -0.1) is 0 Å². The van der Waals surface area contributed by atoms with Crippen molar-refractivity contribution in [3.8, 4) is 5.75 Å². The molecule has 2 rings (SSSR count). The second-order valence-corrected chi connectivity index (χ2v) is 6.74. The molecule has 0 aliphatic heterocycles. The van der Waals surface area contributed by atoms with Crippen LogP contribution in [0.15, 0.2) is 51.4 Å². The van der Waals surface area contributed by atoms with Gasteiger partial charge in [0.1, 0.15) is 12.4 Å². The maximum absolute atomic E-state index is 6.02. The molecule has 21 heavy (non-hydrogen) atoms. The summed E-state index contributed by atoms with van der Waals surface area (Å²) in [6, 6.07) is 14.5. The van der Waals surface area contributed by atoms with Crippen molar-refractivity contribution in [3.05, 3.63) is 62.5 Å². The van der Waals surface area contributed by atoms with E-state index in [1.54, 1.807) is 0 Å². The monoisotopic (exact) mass is 411 g/mol. The van der Waals surface area contributed by atoms with Gasteiger partial charge in [0.25, 0.3) is 0 Å². The highest BCUT2D eigenvalue weighted by Gasteiger charge is 2.11. The van der Waals surface area contributed by atoms with E-state index in [0.717, 1.165) is 33.1 Å². The van der Waals surface area contributed by atoms with Gasteiger partial charge in [-0.1, -0.05) is 37.3 Å². The Kier molecular flexibility index (Phi) is 6.27. The van der Waals surface area contributed by atoms with Crippen molar-refractivity contribution in [1.29, 1.82) is 0 Å². The first kappa shape index (κ1) is 16.5. The maximum atomic E-state index is 6.02. The van der Waals surface area contributed by atoms with Crippen molar-refractivity contribution in [1.82, 2.24) is 0 Å². The molecule has 2 aromatic carbocycles. The van der Waals surface area contributed by atoms with Gasteiger partial charge in [0.15, 0.2) is 0 Å². The molecule has 1 atom stereocenters. The van der Waals surface area contributed by atoms with Crippen LogP contribution >= 0.6 is 31.9 Å². The highest BCUT2D eigenvalue weighted by molar-refractivity contribution is 9.11. The molecule has 0 saturated carbocycles. The summed E-state index contributed by atoms with van der Waals surface area (Å²) >= 11 is 7.18. The van der Waals surface area contributed by atoms with Crippen LogP contribution in [0.2, 0.25) is 0 Å². The Hall–Kier alpha value is -0.840. The third kappa shape index (κ3) is 4.83. The minimum Gasteiger partial charge on any atom is -0.487 e. The summed E-state index contributed by atoms with van der Waals surface area (Å²) in [5, 5.41) is 0. The Balaban J connectivity index is 2.10. The Morgan fingerprint density at radius 1 is 1.05 bits per heavy atom. The molecule has 0 fully saturated rings. The zero-order chi connectivity index (χ0) is 15.2. The lowest BCUT2D eigenvalue weighted by molar-refractivity contribution is 0.302. The van der Waals surface area contributed by atoms with Gasteiger partial charge >= 0.3 is 0 Å². The molecule has 4 heteroatoms. The molecular formula is C17H19Br2NO. The van der Waals surface area contributed by atoms with Gasteiger partial charge < -0.3 is 10.5 Å². The zero-order valence-electron chi connectivity index (χ0n) is 12.0. The summed E-state index contributed by atoms with van der Waals surface area (Å²) in [5.41, 5.74) is 8.37. The second-order valence-electron chi connectivity index (χ2n) is 5.04. The smallest absolute Gasteiger partial charge is 0.148 e. The summed E-state index contributed by atoms with van der Waals surface area (Å²) in [6.45, 7) is 2.65. The fraction of sp³-hybridized carbons (Fsp3) is 0.294. The van der Waals surface area contributed by atoms with E-state index in [9.17, 15) is 0 Å². The van der Waals surface area contributed by atoms with Gasteiger partial charge in [-0.2, -0.15) is 0 Å². The van der Waals surface area contributed by atoms with Crippen molar-refractivity contribution in [2.75, 3.05) is 0 Å². The van der Waals surface area contributed by atoms with Crippen LogP contribution in [0.3, 0.4) is 0 Å². The number of ether oxygens (including phenoxy) is 1. The minimum absolute atomic E-state index is 0.194. The highest BCUT2D eigenvalue weighted by atomic mass is 79.9. The first-order valence-corrected chi connectivity index (χ1v) is 8.59. The molecule has 0 bridgehead atoms. The van der Waals surface area contributed by atoms with E-state index in [1.807, 2.05) is 18.2 Å². The summed E-state index contributed by atoms with van der Waals surface area (Å²) in [5.74, 6) is 0.827. The van der Waals surface area contributed by atoms with Crippen LogP contribution in [0.5, 0.6) is 5.75 Å². The predicted molar refractivity (Wildman–Crippen MR) is 94.6 cm³/mol. The van der Waals surface area contributed by atoms with Crippen molar-refractivity contribution in [2.24, 2.45) is 5.73 Å². The van der Waals surface area contributed by atoms with Crippen molar-refractivity contribution >= 4 is 31.9 Å². The molecule has 2 nitrogen and oxygen atoms in total. The number of nitrogens with two attached hydrogens (primary N) is 1. The maximum Gasteiger partial charge on any atom is 0.148 e. The van der Waals surface area contributed by atoms with E-state index in [0.29, 0.717) is 6.61 Å². The molecular weight excluding hydrogens is 394 g/mol. The topological polar surface area (TPSA) is 35.2 Å². The van der Waals surface area contributed by atoms with E-state index < -0.39 is 0 Å². The first-order valence-electron chi connectivity index (χ1n) is 7.00.